The first-order valence-corrected chi connectivity index (χ1v) is 8.33. The lowest BCUT2D eigenvalue weighted by atomic mass is 10.1. The molecular formula is C16H14F3N5O4S. The Labute approximate surface area is 167 Å². The summed E-state index contributed by atoms with van der Waals surface area (Å²) in [5.74, 6) is 0. The molecule has 2 aromatic rings. The van der Waals surface area contributed by atoms with Crippen LogP contribution < -0.4 is 16.2 Å². The zero-order valence-corrected chi connectivity index (χ0v) is 15.4. The zero-order chi connectivity index (χ0) is 21.8. The van der Waals surface area contributed by atoms with E-state index in [4.69, 9.17) is 18.0 Å². The minimum absolute atomic E-state index is 0.0503. The molecule has 0 amide bonds. The van der Waals surface area contributed by atoms with Gasteiger partial charge in [-0.25, -0.2) is 0 Å². The lowest BCUT2D eigenvalue weighted by Gasteiger charge is -2.26. The summed E-state index contributed by atoms with van der Waals surface area (Å²) in [6.45, 7) is 0.0503. The van der Waals surface area contributed by atoms with Crippen molar-refractivity contribution in [3.05, 3.63) is 68.3 Å². The Hall–Kier alpha value is -3.48. The Kier molecular flexibility index (Phi) is 6.53. The molecule has 0 atom stereocenters. The molecule has 0 saturated carbocycles. The van der Waals surface area contributed by atoms with Crippen molar-refractivity contribution >= 4 is 40.0 Å². The van der Waals surface area contributed by atoms with Gasteiger partial charge in [-0.05, 0) is 12.1 Å². The molecule has 2 aromatic carbocycles. The van der Waals surface area contributed by atoms with Crippen LogP contribution in [0.2, 0.25) is 0 Å². The van der Waals surface area contributed by atoms with E-state index in [0.29, 0.717) is 5.69 Å². The van der Waals surface area contributed by atoms with Crippen LogP contribution in [0.4, 0.5) is 35.9 Å². The van der Waals surface area contributed by atoms with Gasteiger partial charge in [-0.15, -0.1) is 0 Å². The van der Waals surface area contributed by atoms with Gasteiger partial charge in [0.2, 0.25) is 5.69 Å². The fourth-order valence-electron chi connectivity index (χ4n) is 2.39. The van der Waals surface area contributed by atoms with Crippen LogP contribution in [-0.2, 0) is 6.18 Å². The van der Waals surface area contributed by atoms with E-state index in [1.165, 1.54) is 5.01 Å². The third-order valence-corrected chi connectivity index (χ3v) is 3.92. The zero-order valence-electron chi connectivity index (χ0n) is 14.5. The van der Waals surface area contributed by atoms with Crippen molar-refractivity contribution in [1.29, 1.82) is 0 Å². The number of nitro groups is 2. The van der Waals surface area contributed by atoms with Gasteiger partial charge in [0.05, 0.1) is 26.1 Å². The molecule has 0 heterocycles. The molecule has 3 N–H and O–H groups in total. The molecule has 0 radical (unpaired) electrons. The standard InChI is InChI=1S/C16H14F3N5O4S/c17-16(18,19)10-8-12(23(25)26)15(13(9-10)24(27)28)21-22(7-6-14(20)29)11-4-2-1-3-5-11/h1-5,8-9,21H,6-7H2,(H2,20,29). The first-order chi connectivity index (χ1) is 13.5. The minimum atomic E-state index is -5.00. The average molecular weight is 429 g/mol. The number of nitrogens with zero attached hydrogens (tertiary/aromatic N) is 3. The van der Waals surface area contributed by atoms with Gasteiger partial charge in [0.15, 0.2) is 0 Å². The molecule has 29 heavy (non-hydrogen) atoms. The smallest absolute Gasteiger partial charge is 0.393 e. The van der Waals surface area contributed by atoms with Gasteiger partial charge in [-0.2, -0.15) is 13.2 Å². The Morgan fingerprint density at radius 2 is 1.62 bits per heavy atom. The van der Waals surface area contributed by atoms with Gasteiger partial charge in [-0.3, -0.25) is 30.7 Å². The molecule has 13 heteroatoms. The number of hydrazine groups is 1. The van der Waals surface area contributed by atoms with Gasteiger partial charge in [-0.1, -0.05) is 30.4 Å². The summed E-state index contributed by atoms with van der Waals surface area (Å²) in [7, 11) is 0. The van der Waals surface area contributed by atoms with Crippen LogP contribution in [0.5, 0.6) is 0 Å². The monoisotopic (exact) mass is 429 g/mol. The van der Waals surface area contributed by atoms with Crippen molar-refractivity contribution < 1.29 is 23.0 Å². The van der Waals surface area contributed by atoms with Crippen LogP contribution in [0.3, 0.4) is 0 Å². The molecule has 0 aliphatic rings. The molecule has 0 bridgehead atoms. The normalized spacial score (nSPS) is 11.0. The number of hydrogen-bond acceptors (Lipinski definition) is 7. The molecule has 0 aliphatic heterocycles. The second-order valence-electron chi connectivity index (χ2n) is 5.72. The van der Waals surface area contributed by atoms with Crippen molar-refractivity contribution in [3.8, 4) is 0 Å². The first-order valence-electron chi connectivity index (χ1n) is 7.92. The van der Waals surface area contributed by atoms with Crippen LogP contribution in [0.15, 0.2) is 42.5 Å². The van der Waals surface area contributed by atoms with Crippen molar-refractivity contribution in [2.75, 3.05) is 17.0 Å². The summed E-state index contributed by atoms with van der Waals surface area (Å²) in [5, 5.41) is 24.0. The molecule has 0 aromatic heterocycles. The summed E-state index contributed by atoms with van der Waals surface area (Å²) in [4.78, 5) is 20.6. The van der Waals surface area contributed by atoms with E-state index in [1.807, 2.05) is 0 Å². The summed E-state index contributed by atoms with van der Waals surface area (Å²) < 4.78 is 39.1. The van der Waals surface area contributed by atoms with Crippen LogP contribution in [0.1, 0.15) is 12.0 Å². The van der Waals surface area contributed by atoms with E-state index in [0.717, 1.165) is 0 Å². The van der Waals surface area contributed by atoms with E-state index in [9.17, 15) is 33.4 Å². The van der Waals surface area contributed by atoms with E-state index < -0.39 is 38.6 Å². The number of nitrogens with one attached hydrogen (secondary N) is 1. The number of rotatable bonds is 8. The number of nitrogens with two attached hydrogens (primary N) is 1. The molecule has 154 valence electrons. The van der Waals surface area contributed by atoms with Gasteiger partial charge in [0.25, 0.3) is 0 Å². The highest BCUT2D eigenvalue weighted by atomic mass is 32.1. The fraction of sp³-hybridized carbons (Fsp3) is 0.188. The molecule has 0 aliphatic carbocycles. The largest absolute Gasteiger partial charge is 0.416 e. The second-order valence-corrected chi connectivity index (χ2v) is 6.24. The van der Waals surface area contributed by atoms with Gasteiger partial charge >= 0.3 is 17.6 Å². The first kappa shape index (κ1) is 21.8. The number of para-hydroxylation sites is 1. The summed E-state index contributed by atoms with van der Waals surface area (Å²) in [6, 6.07) is 8.64. The molecule has 0 saturated heterocycles. The Morgan fingerprint density at radius 1 is 1.10 bits per heavy atom. The Balaban J connectivity index is 2.61. The topological polar surface area (TPSA) is 128 Å². The predicted octanol–water partition coefficient (Wildman–Crippen LogP) is 4.03. The number of halogens is 3. The summed E-state index contributed by atoms with van der Waals surface area (Å²) in [5.41, 5.74) is 4.02. The van der Waals surface area contributed by atoms with Crippen molar-refractivity contribution in [1.82, 2.24) is 0 Å². The second kappa shape index (κ2) is 8.68. The number of anilines is 2. The maximum absolute atomic E-state index is 13.0. The van der Waals surface area contributed by atoms with E-state index in [2.05, 4.69) is 5.43 Å². The van der Waals surface area contributed by atoms with Crippen LogP contribution in [0, 0.1) is 20.2 Å². The van der Waals surface area contributed by atoms with Crippen molar-refractivity contribution in [2.24, 2.45) is 5.73 Å². The highest BCUT2D eigenvalue weighted by Gasteiger charge is 2.38. The molecule has 9 nitrogen and oxygen atoms in total. The highest BCUT2D eigenvalue weighted by Crippen LogP contribution is 2.41. The van der Waals surface area contributed by atoms with Crippen LogP contribution in [-0.4, -0.2) is 21.4 Å². The molecular weight excluding hydrogens is 415 g/mol. The lowest BCUT2D eigenvalue weighted by Crippen LogP contribution is -2.33. The number of nitro benzene ring substituents is 2. The SMILES string of the molecule is NC(=S)CCN(Nc1c([N+](=O)[O-])cc(C(F)(F)F)cc1[N+](=O)[O-])c1ccccc1. The van der Waals surface area contributed by atoms with Gasteiger partial charge < -0.3 is 5.73 Å². The van der Waals surface area contributed by atoms with Crippen LogP contribution >= 0.6 is 12.2 Å². The molecule has 0 spiro atoms. The average Bonchev–Trinajstić information content (AvgIpc) is 2.64. The molecule has 0 unspecified atom stereocenters. The highest BCUT2D eigenvalue weighted by molar-refractivity contribution is 7.80. The van der Waals surface area contributed by atoms with Crippen LogP contribution in [0.25, 0.3) is 0 Å². The number of hydrogen-bond donors (Lipinski definition) is 2. The van der Waals surface area contributed by atoms with Crippen molar-refractivity contribution in [2.45, 2.75) is 12.6 Å². The van der Waals surface area contributed by atoms with E-state index in [1.54, 1.807) is 30.3 Å². The Bertz CT molecular complexity index is 905. The van der Waals surface area contributed by atoms with Gasteiger partial charge in [0.1, 0.15) is 0 Å². The third-order valence-electron chi connectivity index (χ3n) is 3.71. The Morgan fingerprint density at radius 3 is 2.03 bits per heavy atom. The summed E-state index contributed by atoms with van der Waals surface area (Å²) >= 11 is 4.80. The maximum Gasteiger partial charge on any atom is 0.416 e. The molecule has 2 rings (SSSR count). The number of thiocarbonyl (C=S) groups is 1. The third kappa shape index (κ3) is 5.51. The minimum Gasteiger partial charge on any atom is -0.393 e. The fourth-order valence-corrected chi connectivity index (χ4v) is 2.48. The summed E-state index contributed by atoms with van der Waals surface area (Å²) in [6.07, 6.45) is -4.86. The lowest BCUT2D eigenvalue weighted by molar-refractivity contribution is -0.392. The number of benzene rings is 2. The van der Waals surface area contributed by atoms with Gasteiger partial charge in [0, 0.05) is 25.1 Å². The maximum atomic E-state index is 13.0. The number of alkyl halides is 3. The van der Waals surface area contributed by atoms with E-state index in [-0.39, 0.29) is 30.1 Å². The van der Waals surface area contributed by atoms with E-state index >= 15 is 0 Å². The van der Waals surface area contributed by atoms with Crippen molar-refractivity contribution in [3.63, 3.8) is 0 Å². The predicted molar refractivity (Wildman–Crippen MR) is 104 cm³/mol. The quantitative estimate of drug-likeness (QED) is 0.366. The molecule has 0 fully saturated rings.